The summed E-state index contributed by atoms with van der Waals surface area (Å²) in [5, 5.41) is 10.1. The lowest BCUT2D eigenvalue weighted by Crippen LogP contribution is -2.34. The van der Waals surface area contributed by atoms with Gasteiger partial charge in [0.05, 0.1) is 12.2 Å². The number of hydrogen-bond donors (Lipinski definition) is 2. The molecule has 0 bridgehead atoms. The molecular formula is C18H25FN4O. The number of carbonyl (C=O) groups excluding carboxylic acids is 1. The maximum absolute atomic E-state index is 13.2. The van der Waals surface area contributed by atoms with E-state index in [1.807, 2.05) is 19.2 Å². The van der Waals surface area contributed by atoms with Gasteiger partial charge in [-0.25, -0.2) is 4.39 Å². The number of aromatic nitrogens is 2. The number of H-pyrrole nitrogens is 1. The average molecular weight is 332 g/mol. The van der Waals surface area contributed by atoms with Crippen molar-refractivity contribution in [2.75, 3.05) is 27.2 Å². The van der Waals surface area contributed by atoms with Crippen LogP contribution in [0.1, 0.15) is 25.0 Å². The molecule has 2 aromatic rings. The van der Waals surface area contributed by atoms with E-state index in [4.69, 9.17) is 0 Å². The Morgan fingerprint density at radius 2 is 2.12 bits per heavy atom. The smallest absolute Gasteiger partial charge is 0.236 e. The molecular weight excluding hydrogens is 307 g/mol. The summed E-state index contributed by atoms with van der Waals surface area (Å²) in [5.41, 5.74) is 2.60. The zero-order valence-corrected chi connectivity index (χ0v) is 14.3. The predicted octanol–water partition coefficient (Wildman–Crippen LogP) is 2.61. The first-order chi connectivity index (χ1) is 11.6. The summed E-state index contributed by atoms with van der Waals surface area (Å²) in [6, 6.07) is 8.41. The third-order valence-electron chi connectivity index (χ3n) is 3.94. The van der Waals surface area contributed by atoms with Gasteiger partial charge in [0.1, 0.15) is 5.82 Å². The van der Waals surface area contributed by atoms with E-state index in [0.717, 1.165) is 49.2 Å². The Hall–Kier alpha value is -2.21. The number of nitrogens with zero attached hydrogens (tertiary/aromatic N) is 2. The van der Waals surface area contributed by atoms with Gasteiger partial charge in [0.25, 0.3) is 0 Å². The van der Waals surface area contributed by atoms with Crippen LogP contribution in [-0.2, 0) is 11.2 Å². The fourth-order valence-electron chi connectivity index (χ4n) is 2.54. The van der Waals surface area contributed by atoms with Crippen LogP contribution in [0.3, 0.4) is 0 Å². The summed E-state index contributed by atoms with van der Waals surface area (Å²) in [5.74, 6) is -0.139. The second kappa shape index (κ2) is 9.17. The molecule has 0 aliphatic heterocycles. The molecule has 0 saturated heterocycles. The Balaban J connectivity index is 1.71. The van der Waals surface area contributed by atoms with Gasteiger partial charge in [-0.05, 0) is 44.5 Å². The SMILES string of the molecule is CNCC(=O)N(C)CCCCCc1cc(-c2cccc(F)c2)n[nH]1. The van der Waals surface area contributed by atoms with Crippen LogP contribution in [0.2, 0.25) is 0 Å². The van der Waals surface area contributed by atoms with Crippen LogP contribution in [0, 0.1) is 5.82 Å². The number of aryl methyl sites for hydroxylation is 1. The molecule has 24 heavy (non-hydrogen) atoms. The number of amides is 1. The predicted molar refractivity (Wildman–Crippen MR) is 93.1 cm³/mol. The number of hydrogen-bond acceptors (Lipinski definition) is 3. The molecule has 1 aromatic heterocycles. The van der Waals surface area contributed by atoms with E-state index in [-0.39, 0.29) is 11.7 Å². The Kier molecular flexibility index (Phi) is 6.93. The van der Waals surface area contributed by atoms with Crippen LogP contribution >= 0.6 is 0 Å². The summed E-state index contributed by atoms with van der Waals surface area (Å²) >= 11 is 0. The highest BCUT2D eigenvalue weighted by molar-refractivity contribution is 5.77. The Bertz CT molecular complexity index is 656. The summed E-state index contributed by atoms with van der Waals surface area (Å²) in [6.45, 7) is 1.16. The molecule has 0 radical (unpaired) electrons. The Labute approximate surface area is 142 Å². The average Bonchev–Trinajstić information content (AvgIpc) is 3.03. The van der Waals surface area contributed by atoms with Gasteiger partial charge in [0, 0.05) is 24.8 Å². The molecule has 130 valence electrons. The van der Waals surface area contributed by atoms with Gasteiger partial charge >= 0.3 is 0 Å². The third kappa shape index (κ3) is 5.45. The van der Waals surface area contributed by atoms with Crippen LogP contribution in [0.4, 0.5) is 4.39 Å². The van der Waals surface area contributed by atoms with Crippen molar-refractivity contribution in [3.8, 4) is 11.3 Å². The highest BCUT2D eigenvalue weighted by atomic mass is 19.1. The zero-order valence-electron chi connectivity index (χ0n) is 14.3. The van der Waals surface area contributed by atoms with Crippen molar-refractivity contribution < 1.29 is 9.18 Å². The van der Waals surface area contributed by atoms with E-state index in [1.165, 1.54) is 12.1 Å². The van der Waals surface area contributed by atoms with Gasteiger partial charge < -0.3 is 10.2 Å². The number of aromatic amines is 1. The second-order valence-electron chi connectivity index (χ2n) is 5.95. The molecule has 0 aliphatic carbocycles. The molecule has 1 heterocycles. The van der Waals surface area contributed by atoms with Crippen LogP contribution in [0.5, 0.6) is 0 Å². The molecule has 0 aliphatic rings. The van der Waals surface area contributed by atoms with Crippen molar-refractivity contribution in [3.05, 3.63) is 41.8 Å². The fraction of sp³-hybridized carbons (Fsp3) is 0.444. The van der Waals surface area contributed by atoms with Crippen LogP contribution in [-0.4, -0.2) is 48.2 Å². The van der Waals surface area contributed by atoms with Gasteiger partial charge in [-0.2, -0.15) is 5.10 Å². The van der Waals surface area contributed by atoms with E-state index in [9.17, 15) is 9.18 Å². The zero-order chi connectivity index (χ0) is 17.4. The van der Waals surface area contributed by atoms with E-state index in [2.05, 4.69) is 15.5 Å². The monoisotopic (exact) mass is 332 g/mol. The largest absolute Gasteiger partial charge is 0.345 e. The van der Waals surface area contributed by atoms with E-state index in [0.29, 0.717) is 6.54 Å². The molecule has 0 unspecified atom stereocenters. The highest BCUT2D eigenvalue weighted by Gasteiger charge is 2.07. The molecule has 1 aromatic carbocycles. The minimum atomic E-state index is -0.256. The molecule has 2 N–H and O–H groups in total. The number of nitrogens with one attached hydrogen (secondary N) is 2. The van der Waals surface area contributed by atoms with Crippen molar-refractivity contribution in [2.24, 2.45) is 0 Å². The van der Waals surface area contributed by atoms with Gasteiger partial charge in [-0.15, -0.1) is 0 Å². The number of benzene rings is 1. The van der Waals surface area contributed by atoms with Crippen molar-refractivity contribution >= 4 is 5.91 Å². The summed E-state index contributed by atoms with van der Waals surface area (Å²) < 4.78 is 13.2. The van der Waals surface area contributed by atoms with Crippen molar-refractivity contribution in [3.63, 3.8) is 0 Å². The van der Waals surface area contributed by atoms with E-state index in [1.54, 1.807) is 18.0 Å². The highest BCUT2D eigenvalue weighted by Crippen LogP contribution is 2.19. The maximum Gasteiger partial charge on any atom is 0.236 e. The van der Waals surface area contributed by atoms with Crippen molar-refractivity contribution in [1.82, 2.24) is 20.4 Å². The number of halogens is 1. The lowest BCUT2D eigenvalue weighted by Gasteiger charge is -2.16. The first-order valence-electron chi connectivity index (χ1n) is 8.29. The number of rotatable bonds is 9. The molecule has 5 nitrogen and oxygen atoms in total. The summed E-state index contributed by atoms with van der Waals surface area (Å²) in [4.78, 5) is 13.4. The first kappa shape index (κ1) is 18.1. The normalized spacial score (nSPS) is 10.8. The van der Waals surface area contributed by atoms with Gasteiger partial charge in [-0.3, -0.25) is 9.89 Å². The lowest BCUT2D eigenvalue weighted by atomic mass is 10.1. The molecule has 0 spiro atoms. The van der Waals surface area contributed by atoms with E-state index < -0.39 is 0 Å². The number of likely N-dealkylation sites (N-methyl/N-ethyl adjacent to an activating group) is 2. The molecule has 1 amide bonds. The molecule has 0 atom stereocenters. The number of unbranched alkanes of at least 4 members (excludes halogenated alkanes) is 2. The molecule has 0 saturated carbocycles. The Morgan fingerprint density at radius 3 is 2.88 bits per heavy atom. The topological polar surface area (TPSA) is 61.0 Å². The van der Waals surface area contributed by atoms with Crippen LogP contribution in [0.15, 0.2) is 30.3 Å². The second-order valence-corrected chi connectivity index (χ2v) is 5.95. The molecule has 6 heteroatoms. The quantitative estimate of drug-likeness (QED) is 0.694. The minimum absolute atomic E-state index is 0.116. The maximum atomic E-state index is 13.2. The van der Waals surface area contributed by atoms with E-state index >= 15 is 0 Å². The van der Waals surface area contributed by atoms with Crippen molar-refractivity contribution in [1.29, 1.82) is 0 Å². The fourth-order valence-corrected chi connectivity index (χ4v) is 2.54. The molecule has 2 rings (SSSR count). The summed E-state index contributed by atoms with van der Waals surface area (Å²) in [6.07, 6.45) is 3.96. The first-order valence-corrected chi connectivity index (χ1v) is 8.29. The van der Waals surface area contributed by atoms with Gasteiger partial charge in [-0.1, -0.05) is 18.6 Å². The van der Waals surface area contributed by atoms with Crippen molar-refractivity contribution in [2.45, 2.75) is 25.7 Å². The Morgan fingerprint density at radius 1 is 1.29 bits per heavy atom. The van der Waals surface area contributed by atoms with Crippen LogP contribution in [0.25, 0.3) is 11.3 Å². The standard InChI is InChI=1S/C18H25FN4O/c1-20-13-18(24)23(2)10-5-3-4-9-16-12-17(22-21-16)14-7-6-8-15(19)11-14/h6-8,11-12,20H,3-5,9-10,13H2,1-2H3,(H,21,22). The third-order valence-corrected chi connectivity index (χ3v) is 3.94. The lowest BCUT2D eigenvalue weighted by molar-refractivity contribution is -0.128. The number of carbonyl (C=O) groups is 1. The molecule has 0 fully saturated rings. The van der Waals surface area contributed by atoms with Gasteiger partial charge in [0.2, 0.25) is 5.91 Å². The minimum Gasteiger partial charge on any atom is -0.345 e. The summed E-state index contributed by atoms with van der Waals surface area (Å²) in [7, 11) is 3.61. The van der Waals surface area contributed by atoms with Crippen LogP contribution < -0.4 is 5.32 Å². The van der Waals surface area contributed by atoms with Gasteiger partial charge in [0.15, 0.2) is 0 Å².